The highest BCUT2D eigenvalue weighted by molar-refractivity contribution is 5.78. The predicted molar refractivity (Wildman–Crippen MR) is 89.7 cm³/mol. The molecule has 0 bridgehead atoms. The van der Waals surface area contributed by atoms with Crippen LogP contribution in [0.1, 0.15) is 39.0 Å². The second-order valence-corrected chi connectivity index (χ2v) is 4.38. The zero-order valence-corrected chi connectivity index (χ0v) is 12.5. The van der Waals surface area contributed by atoms with Gasteiger partial charge in [0.25, 0.3) is 0 Å². The molecule has 0 aliphatic heterocycles. The van der Waals surface area contributed by atoms with E-state index in [0.717, 1.165) is 25.7 Å². The number of carbonyl (C=O) groups is 1. The molecule has 0 heterocycles. The number of allylic oxidation sites excluding steroid dienone is 11. The molecule has 0 unspecified atom stereocenters. The molecular weight excluding hydrogens is 244 g/mol. The summed E-state index contributed by atoms with van der Waals surface area (Å²) in [6, 6.07) is 0. The van der Waals surface area contributed by atoms with Gasteiger partial charge in [0, 0.05) is 12.8 Å². The van der Waals surface area contributed by atoms with E-state index in [0.29, 0.717) is 12.2 Å². The first-order chi connectivity index (χ1) is 9.81. The van der Waals surface area contributed by atoms with Gasteiger partial charge in [-0.05, 0) is 19.3 Å². The Morgan fingerprint density at radius 1 is 0.850 bits per heavy atom. The Kier molecular flexibility index (Phi) is 13.7. The van der Waals surface area contributed by atoms with E-state index in [9.17, 15) is 4.79 Å². The van der Waals surface area contributed by atoms with Crippen molar-refractivity contribution < 1.29 is 4.79 Å². The van der Waals surface area contributed by atoms with Crippen LogP contribution in [0.4, 0.5) is 0 Å². The van der Waals surface area contributed by atoms with E-state index >= 15 is 0 Å². The fourth-order valence-electron chi connectivity index (χ4n) is 1.52. The normalized spacial score (nSPS) is 12.7. The van der Waals surface area contributed by atoms with Gasteiger partial charge in [-0.25, -0.2) is 0 Å². The van der Waals surface area contributed by atoms with Crippen LogP contribution in [0.3, 0.4) is 0 Å². The Labute approximate surface area is 123 Å². The second kappa shape index (κ2) is 15.2. The third-order valence-electron chi connectivity index (χ3n) is 2.52. The Hall–Kier alpha value is -1.89. The van der Waals surface area contributed by atoms with Crippen LogP contribution in [0.15, 0.2) is 73.4 Å². The van der Waals surface area contributed by atoms with Gasteiger partial charge in [-0.15, -0.1) is 0 Å². The Morgan fingerprint density at radius 2 is 1.40 bits per heavy atom. The third-order valence-corrected chi connectivity index (χ3v) is 2.52. The first-order valence-electron chi connectivity index (χ1n) is 7.27. The molecule has 0 aromatic rings. The third kappa shape index (κ3) is 14.2. The Morgan fingerprint density at radius 3 is 1.95 bits per heavy atom. The van der Waals surface area contributed by atoms with Crippen molar-refractivity contribution in [2.24, 2.45) is 0 Å². The van der Waals surface area contributed by atoms with Crippen LogP contribution in [0, 0.1) is 0 Å². The highest BCUT2D eigenvalue weighted by Crippen LogP contribution is 2.02. The Bertz CT molecular complexity index is 392. The molecule has 108 valence electrons. The highest BCUT2D eigenvalue weighted by atomic mass is 16.1. The summed E-state index contributed by atoms with van der Waals surface area (Å²) < 4.78 is 0. The summed E-state index contributed by atoms with van der Waals surface area (Å²) in [6.07, 6.45) is 25.9. The molecule has 0 amide bonds. The molecule has 1 nitrogen and oxygen atoms in total. The van der Waals surface area contributed by atoms with Crippen molar-refractivity contribution in [3.8, 4) is 0 Å². The van der Waals surface area contributed by atoms with Crippen molar-refractivity contribution >= 4 is 5.78 Å². The summed E-state index contributed by atoms with van der Waals surface area (Å²) in [7, 11) is 0. The first kappa shape index (κ1) is 18.1. The van der Waals surface area contributed by atoms with Crippen LogP contribution in [-0.2, 0) is 4.79 Å². The average Bonchev–Trinajstić information content (AvgIpc) is 2.44. The molecule has 0 saturated heterocycles. The van der Waals surface area contributed by atoms with E-state index in [1.807, 2.05) is 61.6 Å². The second-order valence-electron chi connectivity index (χ2n) is 4.38. The molecular formula is C19H26O. The molecule has 20 heavy (non-hydrogen) atoms. The largest absolute Gasteiger partial charge is 0.300 e. The van der Waals surface area contributed by atoms with Gasteiger partial charge in [-0.1, -0.05) is 80.3 Å². The maximum absolute atomic E-state index is 11.3. The van der Waals surface area contributed by atoms with Gasteiger partial charge in [-0.2, -0.15) is 0 Å². The van der Waals surface area contributed by atoms with Gasteiger partial charge in [-0.3, -0.25) is 4.79 Å². The first-order valence-corrected chi connectivity index (χ1v) is 7.27. The van der Waals surface area contributed by atoms with Crippen LogP contribution in [0.2, 0.25) is 0 Å². The SMILES string of the molecule is C=CC=CC=CC=CC=CC=CCCCC(=O)CCC. The molecule has 0 aromatic heterocycles. The molecule has 0 spiro atoms. The van der Waals surface area contributed by atoms with Crippen molar-refractivity contribution in [2.75, 3.05) is 0 Å². The maximum atomic E-state index is 11.3. The molecule has 0 fully saturated rings. The van der Waals surface area contributed by atoms with E-state index in [2.05, 4.69) is 12.7 Å². The van der Waals surface area contributed by atoms with Crippen LogP contribution in [0.25, 0.3) is 0 Å². The minimum atomic E-state index is 0.386. The van der Waals surface area contributed by atoms with Gasteiger partial charge in [0.2, 0.25) is 0 Å². The molecule has 0 N–H and O–H groups in total. The number of unbranched alkanes of at least 4 members (excludes halogenated alkanes) is 1. The average molecular weight is 270 g/mol. The lowest BCUT2D eigenvalue weighted by molar-refractivity contribution is -0.119. The lowest BCUT2D eigenvalue weighted by Gasteiger charge is -1.95. The minimum Gasteiger partial charge on any atom is -0.300 e. The molecule has 0 aliphatic rings. The fourth-order valence-corrected chi connectivity index (χ4v) is 1.52. The van der Waals surface area contributed by atoms with E-state index in [4.69, 9.17) is 0 Å². The summed E-state index contributed by atoms with van der Waals surface area (Å²) in [4.78, 5) is 11.3. The zero-order valence-electron chi connectivity index (χ0n) is 12.5. The minimum absolute atomic E-state index is 0.386. The number of rotatable bonds is 11. The van der Waals surface area contributed by atoms with Crippen molar-refractivity contribution in [2.45, 2.75) is 39.0 Å². The van der Waals surface area contributed by atoms with Crippen LogP contribution in [0.5, 0.6) is 0 Å². The summed E-state index contributed by atoms with van der Waals surface area (Å²) in [6.45, 7) is 5.63. The van der Waals surface area contributed by atoms with E-state index in [-0.39, 0.29) is 0 Å². The molecule has 0 saturated carbocycles. The Balaban J connectivity index is 3.64. The number of hydrogen-bond acceptors (Lipinski definition) is 1. The van der Waals surface area contributed by atoms with Crippen molar-refractivity contribution in [3.63, 3.8) is 0 Å². The maximum Gasteiger partial charge on any atom is 0.132 e. The topological polar surface area (TPSA) is 17.1 Å². The number of carbonyl (C=O) groups excluding carboxylic acids is 1. The molecule has 0 aliphatic carbocycles. The number of Topliss-reactive ketones (excluding diaryl/α,β-unsaturated/α-hetero) is 1. The van der Waals surface area contributed by atoms with E-state index in [1.54, 1.807) is 6.08 Å². The highest BCUT2D eigenvalue weighted by Gasteiger charge is 1.97. The van der Waals surface area contributed by atoms with E-state index < -0.39 is 0 Å². The molecule has 0 atom stereocenters. The number of ketones is 1. The van der Waals surface area contributed by atoms with Gasteiger partial charge in [0.05, 0.1) is 0 Å². The molecule has 0 rings (SSSR count). The fraction of sp³-hybridized carbons (Fsp3) is 0.316. The zero-order chi connectivity index (χ0) is 14.9. The molecule has 0 aromatic carbocycles. The molecule has 1 heteroatoms. The van der Waals surface area contributed by atoms with Gasteiger partial charge in [0.15, 0.2) is 0 Å². The van der Waals surface area contributed by atoms with E-state index in [1.165, 1.54) is 0 Å². The van der Waals surface area contributed by atoms with Crippen molar-refractivity contribution in [1.82, 2.24) is 0 Å². The lowest BCUT2D eigenvalue weighted by Crippen LogP contribution is -1.95. The van der Waals surface area contributed by atoms with Crippen LogP contribution >= 0.6 is 0 Å². The molecule has 0 radical (unpaired) electrons. The van der Waals surface area contributed by atoms with Gasteiger partial charge < -0.3 is 0 Å². The number of hydrogen-bond donors (Lipinski definition) is 0. The van der Waals surface area contributed by atoms with Crippen molar-refractivity contribution in [3.05, 3.63) is 73.4 Å². The standard InChI is InChI=1S/C19H26O/c1-3-5-6-7-8-9-10-11-12-13-14-15-16-18-19(20)17-4-2/h3,5-14H,1,4,15-18H2,2H3. The van der Waals surface area contributed by atoms with Crippen LogP contribution in [-0.4, -0.2) is 5.78 Å². The summed E-state index contributed by atoms with van der Waals surface area (Å²) in [5, 5.41) is 0. The quantitative estimate of drug-likeness (QED) is 0.358. The van der Waals surface area contributed by atoms with Crippen molar-refractivity contribution in [1.29, 1.82) is 0 Å². The summed E-state index contributed by atoms with van der Waals surface area (Å²) >= 11 is 0. The predicted octanol–water partition coefficient (Wildman–Crippen LogP) is 5.49. The van der Waals surface area contributed by atoms with Crippen LogP contribution < -0.4 is 0 Å². The van der Waals surface area contributed by atoms with Gasteiger partial charge >= 0.3 is 0 Å². The monoisotopic (exact) mass is 270 g/mol. The lowest BCUT2D eigenvalue weighted by atomic mass is 10.1. The smallest absolute Gasteiger partial charge is 0.132 e. The summed E-state index contributed by atoms with van der Waals surface area (Å²) in [5.41, 5.74) is 0. The summed E-state index contributed by atoms with van der Waals surface area (Å²) in [5.74, 6) is 0.386. The van der Waals surface area contributed by atoms with Gasteiger partial charge in [0.1, 0.15) is 5.78 Å².